The third-order valence-corrected chi connectivity index (χ3v) is 3.55. The van der Waals surface area contributed by atoms with Crippen molar-refractivity contribution >= 4 is 5.91 Å². The summed E-state index contributed by atoms with van der Waals surface area (Å²) in [5.41, 5.74) is -0.967. The van der Waals surface area contributed by atoms with Gasteiger partial charge in [0.1, 0.15) is 6.54 Å². The minimum Gasteiger partial charge on any atom is -0.350 e. The number of carbonyl (C=O) groups excluding carboxylic acids is 1. The Morgan fingerprint density at radius 1 is 1.29 bits per heavy atom. The van der Waals surface area contributed by atoms with E-state index in [0.29, 0.717) is 0 Å². The van der Waals surface area contributed by atoms with Crippen molar-refractivity contribution in [3.05, 3.63) is 29.8 Å². The first-order valence-corrected chi connectivity index (χ1v) is 7.37. The van der Waals surface area contributed by atoms with Crippen LogP contribution in [0.5, 0.6) is 0 Å². The van der Waals surface area contributed by atoms with E-state index in [1.165, 1.54) is 12.1 Å². The molecule has 0 atom stereocenters. The molecule has 130 valence electrons. The molecule has 1 N–H and O–H groups in total. The van der Waals surface area contributed by atoms with E-state index in [1.54, 1.807) is 0 Å². The maximum Gasteiger partial charge on any atom is 0.416 e. The number of tetrazole rings is 1. The minimum absolute atomic E-state index is 0.0312. The number of amides is 1. The lowest BCUT2D eigenvalue weighted by Crippen LogP contribution is -2.44. The standard InChI is InChI=1S/C15H18F3N5O/c1-4-14(2,3)19-12(24)9-23-21-13(20-22-23)10-6-5-7-11(8-10)15(16,17)18/h5-8H,4,9H2,1-3H3,(H,19,24). The van der Waals surface area contributed by atoms with Crippen molar-refractivity contribution in [3.8, 4) is 11.4 Å². The fourth-order valence-electron chi connectivity index (χ4n) is 1.89. The topological polar surface area (TPSA) is 72.7 Å². The van der Waals surface area contributed by atoms with Gasteiger partial charge in [-0.1, -0.05) is 19.1 Å². The van der Waals surface area contributed by atoms with Crippen molar-refractivity contribution in [1.82, 2.24) is 25.5 Å². The van der Waals surface area contributed by atoms with Gasteiger partial charge >= 0.3 is 6.18 Å². The number of benzene rings is 1. The molecule has 0 saturated carbocycles. The summed E-state index contributed by atoms with van der Waals surface area (Å²) in [5, 5.41) is 14.2. The van der Waals surface area contributed by atoms with Gasteiger partial charge in [-0.3, -0.25) is 4.79 Å². The second kappa shape index (κ2) is 6.58. The van der Waals surface area contributed by atoms with E-state index in [9.17, 15) is 18.0 Å². The first kappa shape index (κ1) is 17.9. The molecule has 1 aromatic heterocycles. The highest BCUT2D eigenvalue weighted by Gasteiger charge is 2.30. The number of halogens is 3. The number of hydrogen-bond acceptors (Lipinski definition) is 4. The molecule has 0 saturated heterocycles. The lowest BCUT2D eigenvalue weighted by molar-refractivity contribution is -0.137. The number of nitrogens with one attached hydrogen (secondary N) is 1. The van der Waals surface area contributed by atoms with Gasteiger partial charge in [-0.15, -0.1) is 10.2 Å². The monoisotopic (exact) mass is 341 g/mol. The van der Waals surface area contributed by atoms with Gasteiger partial charge in [0.2, 0.25) is 11.7 Å². The molecule has 0 radical (unpaired) electrons. The van der Waals surface area contributed by atoms with Gasteiger partial charge in [0.05, 0.1) is 5.56 Å². The molecule has 0 unspecified atom stereocenters. The molecular weight excluding hydrogens is 323 g/mol. The van der Waals surface area contributed by atoms with E-state index in [2.05, 4.69) is 20.7 Å². The summed E-state index contributed by atoms with van der Waals surface area (Å²) in [5.74, 6) is -0.265. The van der Waals surface area contributed by atoms with Crippen molar-refractivity contribution < 1.29 is 18.0 Å². The van der Waals surface area contributed by atoms with Gasteiger partial charge in [0, 0.05) is 11.1 Å². The molecule has 24 heavy (non-hydrogen) atoms. The van der Waals surface area contributed by atoms with E-state index in [4.69, 9.17) is 0 Å². The highest BCUT2D eigenvalue weighted by molar-refractivity contribution is 5.76. The Morgan fingerprint density at radius 3 is 2.62 bits per heavy atom. The van der Waals surface area contributed by atoms with Crippen molar-refractivity contribution in [2.75, 3.05) is 0 Å². The first-order valence-electron chi connectivity index (χ1n) is 7.37. The number of aromatic nitrogens is 4. The summed E-state index contributed by atoms with van der Waals surface area (Å²) in [4.78, 5) is 13.0. The predicted octanol–water partition coefficient (Wildman–Crippen LogP) is 2.66. The quantitative estimate of drug-likeness (QED) is 0.907. The van der Waals surface area contributed by atoms with E-state index < -0.39 is 11.7 Å². The van der Waals surface area contributed by atoms with Crippen LogP contribution in [-0.4, -0.2) is 31.7 Å². The van der Waals surface area contributed by atoms with E-state index in [1.807, 2.05) is 20.8 Å². The number of carbonyl (C=O) groups is 1. The molecule has 2 rings (SSSR count). The fourth-order valence-corrected chi connectivity index (χ4v) is 1.89. The molecule has 0 bridgehead atoms. The van der Waals surface area contributed by atoms with Gasteiger partial charge in [0.25, 0.3) is 0 Å². The number of alkyl halides is 3. The van der Waals surface area contributed by atoms with E-state index >= 15 is 0 Å². The third-order valence-electron chi connectivity index (χ3n) is 3.55. The number of rotatable bonds is 5. The van der Waals surface area contributed by atoms with Crippen LogP contribution in [0.1, 0.15) is 32.8 Å². The lowest BCUT2D eigenvalue weighted by atomic mass is 10.0. The Kier molecular flexibility index (Phi) is 4.91. The highest BCUT2D eigenvalue weighted by Crippen LogP contribution is 2.31. The Morgan fingerprint density at radius 2 is 2.00 bits per heavy atom. The SMILES string of the molecule is CCC(C)(C)NC(=O)Cn1nnc(-c2cccc(C(F)(F)F)c2)n1. The zero-order valence-electron chi connectivity index (χ0n) is 13.6. The minimum atomic E-state index is -4.45. The summed E-state index contributed by atoms with van der Waals surface area (Å²) in [6.07, 6.45) is -3.70. The van der Waals surface area contributed by atoms with Crippen LogP contribution in [0.25, 0.3) is 11.4 Å². The van der Waals surface area contributed by atoms with Crippen LogP contribution in [0.2, 0.25) is 0 Å². The molecule has 0 aliphatic heterocycles. The molecule has 1 amide bonds. The molecule has 9 heteroatoms. The normalized spacial score (nSPS) is 12.2. The van der Waals surface area contributed by atoms with Crippen LogP contribution in [-0.2, 0) is 17.5 Å². The van der Waals surface area contributed by atoms with Gasteiger partial charge < -0.3 is 5.32 Å². The van der Waals surface area contributed by atoms with Crippen LogP contribution < -0.4 is 5.32 Å². The largest absolute Gasteiger partial charge is 0.416 e. The molecule has 0 spiro atoms. The lowest BCUT2D eigenvalue weighted by Gasteiger charge is -2.24. The second-order valence-electron chi connectivity index (χ2n) is 6.01. The van der Waals surface area contributed by atoms with Gasteiger partial charge in [-0.25, -0.2) is 0 Å². The summed E-state index contributed by atoms with van der Waals surface area (Å²) < 4.78 is 38.2. The van der Waals surface area contributed by atoms with Crippen LogP contribution in [0.3, 0.4) is 0 Å². The number of hydrogen-bond donors (Lipinski definition) is 1. The Bertz CT molecular complexity index is 724. The predicted molar refractivity (Wildman–Crippen MR) is 80.8 cm³/mol. The summed E-state index contributed by atoms with van der Waals surface area (Å²) in [6.45, 7) is 5.55. The molecule has 1 heterocycles. The van der Waals surface area contributed by atoms with Crippen molar-refractivity contribution in [2.24, 2.45) is 0 Å². The van der Waals surface area contributed by atoms with Gasteiger partial charge in [-0.05, 0) is 37.6 Å². The average molecular weight is 341 g/mol. The average Bonchev–Trinajstić information content (AvgIpc) is 2.94. The smallest absolute Gasteiger partial charge is 0.350 e. The van der Waals surface area contributed by atoms with Gasteiger partial charge in [-0.2, -0.15) is 18.0 Å². The molecule has 0 aliphatic carbocycles. The molecule has 1 aromatic carbocycles. The fraction of sp³-hybridized carbons (Fsp3) is 0.467. The Balaban J connectivity index is 2.13. The zero-order chi connectivity index (χ0) is 18.0. The second-order valence-corrected chi connectivity index (χ2v) is 6.01. The Labute approximate surface area is 137 Å². The summed E-state index contributed by atoms with van der Waals surface area (Å²) >= 11 is 0. The number of nitrogens with zero attached hydrogens (tertiary/aromatic N) is 4. The van der Waals surface area contributed by atoms with Gasteiger partial charge in [0.15, 0.2) is 0 Å². The molecule has 0 aliphatic rings. The van der Waals surface area contributed by atoms with Crippen LogP contribution in [0, 0.1) is 0 Å². The maximum absolute atomic E-state index is 12.7. The van der Waals surface area contributed by atoms with Crippen LogP contribution >= 0.6 is 0 Å². The van der Waals surface area contributed by atoms with E-state index in [0.717, 1.165) is 23.4 Å². The van der Waals surface area contributed by atoms with Crippen LogP contribution in [0.15, 0.2) is 24.3 Å². The molecular formula is C15H18F3N5O. The zero-order valence-corrected chi connectivity index (χ0v) is 13.6. The third kappa shape index (κ3) is 4.53. The highest BCUT2D eigenvalue weighted by atomic mass is 19.4. The molecule has 0 fully saturated rings. The Hall–Kier alpha value is -2.45. The first-order chi connectivity index (χ1) is 11.1. The van der Waals surface area contributed by atoms with E-state index in [-0.39, 0.29) is 29.4 Å². The maximum atomic E-state index is 12.7. The van der Waals surface area contributed by atoms with Crippen molar-refractivity contribution in [3.63, 3.8) is 0 Å². The van der Waals surface area contributed by atoms with Crippen LogP contribution in [0.4, 0.5) is 13.2 Å². The summed E-state index contributed by atoms with van der Waals surface area (Å²) in [6, 6.07) is 4.64. The van der Waals surface area contributed by atoms with Crippen molar-refractivity contribution in [2.45, 2.75) is 45.5 Å². The van der Waals surface area contributed by atoms with Crippen molar-refractivity contribution in [1.29, 1.82) is 0 Å². The summed E-state index contributed by atoms with van der Waals surface area (Å²) in [7, 11) is 0. The molecule has 2 aromatic rings. The molecule has 6 nitrogen and oxygen atoms in total.